The molecule has 2 heteroatoms. The van der Waals surface area contributed by atoms with Crippen molar-refractivity contribution in [3.05, 3.63) is 11.3 Å². The van der Waals surface area contributed by atoms with Crippen LogP contribution in [-0.4, -0.2) is 11.0 Å². The Morgan fingerprint density at radius 3 is 2.44 bits per heavy atom. The molecule has 52 valence electrons. The lowest BCUT2D eigenvalue weighted by atomic mass is 10.2. The molecule has 1 N–H and O–H groups in total. The van der Waals surface area contributed by atoms with Crippen molar-refractivity contribution >= 4 is 11.6 Å². The van der Waals surface area contributed by atoms with Gasteiger partial charge in [0.1, 0.15) is 5.76 Å². The number of rotatable bonds is 1. The third kappa shape index (κ3) is 1.62. The highest BCUT2D eigenvalue weighted by molar-refractivity contribution is 6.19. The van der Waals surface area contributed by atoms with Crippen LogP contribution >= 0.6 is 11.6 Å². The SMILES string of the molecule is OC(CCl)=C1CCCC1. The third-order valence-electron chi connectivity index (χ3n) is 1.74. The second kappa shape index (κ2) is 3.11. The number of hydrogen-bond acceptors (Lipinski definition) is 1. The number of hydrogen-bond donors (Lipinski definition) is 1. The molecule has 0 aliphatic heterocycles. The smallest absolute Gasteiger partial charge is 0.106 e. The average Bonchev–Trinajstić information content (AvgIpc) is 2.37. The molecule has 0 saturated heterocycles. The van der Waals surface area contributed by atoms with Crippen LogP contribution < -0.4 is 0 Å². The maximum atomic E-state index is 9.11. The first-order valence-electron chi connectivity index (χ1n) is 3.30. The van der Waals surface area contributed by atoms with Crippen molar-refractivity contribution in [1.82, 2.24) is 0 Å². The normalized spacial score (nSPS) is 18.6. The summed E-state index contributed by atoms with van der Waals surface area (Å²) < 4.78 is 0. The van der Waals surface area contributed by atoms with Crippen LogP contribution in [0.1, 0.15) is 25.7 Å². The largest absolute Gasteiger partial charge is 0.511 e. The van der Waals surface area contributed by atoms with Gasteiger partial charge in [-0.1, -0.05) is 0 Å². The van der Waals surface area contributed by atoms with Gasteiger partial charge in [0.05, 0.1) is 5.88 Å². The van der Waals surface area contributed by atoms with E-state index in [2.05, 4.69) is 0 Å². The first-order chi connectivity index (χ1) is 4.34. The van der Waals surface area contributed by atoms with E-state index in [0.717, 1.165) is 12.8 Å². The topological polar surface area (TPSA) is 20.2 Å². The van der Waals surface area contributed by atoms with E-state index in [1.54, 1.807) is 0 Å². The summed E-state index contributed by atoms with van der Waals surface area (Å²) in [4.78, 5) is 0. The molecule has 1 nitrogen and oxygen atoms in total. The fourth-order valence-corrected chi connectivity index (χ4v) is 1.37. The molecule has 9 heavy (non-hydrogen) atoms. The lowest BCUT2D eigenvalue weighted by molar-refractivity contribution is 0.406. The van der Waals surface area contributed by atoms with Crippen molar-refractivity contribution in [2.45, 2.75) is 25.7 Å². The molecule has 1 aliphatic rings. The molecule has 0 amide bonds. The lowest BCUT2D eigenvalue weighted by Gasteiger charge is -1.97. The Morgan fingerprint density at radius 2 is 2.00 bits per heavy atom. The van der Waals surface area contributed by atoms with Crippen LogP contribution in [0.5, 0.6) is 0 Å². The van der Waals surface area contributed by atoms with Gasteiger partial charge in [0.2, 0.25) is 0 Å². The number of aliphatic hydroxyl groups excluding tert-OH is 1. The van der Waals surface area contributed by atoms with E-state index in [9.17, 15) is 0 Å². The fourth-order valence-electron chi connectivity index (χ4n) is 1.18. The van der Waals surface area contributed by atoms with Crippen LogP contribution in [0.15, 0.2) is 11.3 Å². The minimum absolute atomic E-state index is 0.287. The highest BCUT2D eigenvalue weighted by Gasteiger charge is 2.10. The molecule has 0 atom stereocenters. The summed E-state index contributed by atoms with van der Waals surface area (Å²) in [5.74, 6) is 0.698. The first-order valence-corrected chi connectivity index (χ1v) is 3.84. The number of halogens is 1. The molecule has 0 aromatic carbocycles. The van der Waals surface area contributed by atoms with Gasteiger partial charge >= 0.3 is 0 Å². The van der Waals surface area contributed by atoms with Gasteiger partial charge in [-0.2, -0.15) is 0 Å². The zero-order valence-corrected chi connectivity index (χ0v) is 6.12. The lowest BCUT2D eigenvalue weighted by Crippen LogP contribution is -1.87. The second-order valence-corrected chi connectivity index (χ2v) is 2.66. The van der Waals surface area contributed by atoms with Crippen molar-refractivity contribution in [2.75, 3.05) is 5.88 Å². The van der Waals surface area contributed by atoms with E-state index in [1.807, 2.05) is 0 Å². The summed E-state index contributed by atoms with van der Waals surface area (Å²) in [6.07, 6.45) is 4.55. The molecule has 1 aliphatic carbocycles. The summed E-state index contributed by atoms with van der Waals surface area (Å²) in [5, 5.41) is 9.11. The molecular formula is C7H11ClO. The third-order valence-corrected chi connectivity index (χ3v) is 1.99. The average molecular weight is 147 g/mol. The Morgan fingerprint density at radius 1 is 1.44 bits per heavy atom. The zero-order chi connectivity index (χ0) is 6.69. The Hall–Kier alpha value is -0.170. The van der Waals surface area contributed by atoms with Gasteiger partial charge in [-0.3, -0.25) is 0 Å². The Balaban J connectivity index is 2.55. The first kappa shape index (κ1) is 6.94. The standard InChI is InChI=1S/C7H11ClO/c8-5-7(9)6-3-1-2-4-6/h9H,1-5H2. The molecule has 0 aromatic rings. The highest BCUT2D eigenvalue weighted by Crippen LogP contribution is 2.26. The van der Waals surface area contributed by atoms with Crippen molar-refractivity contribution in [3.8, 4) is 0 Å². The summed E-state index contributed by atoms with van der Waals surface area (Å²) >= 11 is 5.42. The maximum absolute atomic E-state index is 9.11. The highest BCUT2D eigenvalue weighted by atomic mass is 35.5. The van der Waals surface area contributed by atoms with Crippen LogP contribution in [0.25, 0.3) is 0 Å². The quantitative estimate of drug-likeness (QED) is 0.446. The predicted molar refractivity (Wildman–Crippen MR) is 38.8 cm³/mol. The van der Waals surface area contributed by atoms with Crippen LogP contribution in [-0.2, 0) is 0 Å². The summed E-state index contributed by atoms with van der Waals surface area (Å²) in [6.45, 7) is 0. The van der Waals surface area contributed by atoms with Gasteiger partial charge in [0.25, 0.3) is 0 Å². The van der Waals surface area contributed by atoms with Crippen LogP contribution in [0.2, 0.25) is 0 Å². The fraction of sp³-hybridized carbons (Fsp3) is 0.714. The van der Waals surface area contributed by atoms with Gasteiger partial charge in [0.15, 0.2) is 0 Å². The Bertz CT molecular complexity index is 121. The minimum Gasteiger partial charge on any atom is -0.511 e. The van der Waals surface area contributed by atoms with Crippen LogP contribution in [0.3, 0.4) is 0 Å². The predicted octanol–water partition coefficient (Wildman–Crippen LogP) is 2.61. The summed E-state index contributed by atoms with van der Waals surface area (Å²) in [5.41, 5.74) is 1.17. The molecule has 0 spiro atoms. The van der Waals surface area contributed by atoms with E-state index in [1.165, 1.54) is 18.4 Å². The summed E-state index contributed by atoms with van der Waals surface area (Å²) in [7, 11) is 0. The summed E-state index contributed by atoms with van der Waals surface area (Å²) in [6, 6.07) is 0. The zero-order valence-electron chi connectivity index (χ0n) is 5.36. The Labute approximate surface area is 60.3 Å². The van der Waals surface area contributed by atoms with E-state index in [4.69, 9.17) is 16.7 Å². The molecule has 1 saturated carbocycles. The molecule has 1 fully saturated rings. The van der Waals surface area contributed by atoms with Crippen molar-refractivity contribution in [1.29, 1.82) is 0 Å². The minimum atomic E-state index is 0.287. The Kier molecular flexibility index (Phi) is 2.40. The number of alkyl halides is 1. The van der Waals surface area contributed by atoms with Crippen molar-refractivity contribution < 1.29 is 5.11 Å². The van der Waals surface area contributed by atoms with Crippen molar-refractivity contribution in [3.63, 3.8) is 0 Å². The van der Waals surface area contributed by atoms with E-state index in [0.29, 0.717) is 5.76 Å². The van der Waals surface area contributed by atoms with Gasteiger partial charge in [0, 0.05) is 0 Å². The van der Waals surface area contributed by atoms with E-state index >= 15 is 0 Å². The molecular weight excluding hydrogens is 136 g/mol. The van der Waals surface area contributed by atoms with Crippen molar-refractivity contribution in [2.24, 2.45) is 0 Å². The van der Waals surface area contributed by atoms with Gasteiger partial charge in [-0.05, 0) is 31.3 Å². The molecule has 0 bridgehead atoms. The molecule has 0 aromatic heterocycles. The second-order valence-electron chi connectivity index (χ2n) is 2.39. The molecule has 1 rings (SSSR count). The van der Waals surface area contributed by atoms with Crippen LogP contribution in [0.4, 0.5) is 0 Å². The molecule has 0 radical (unpaired) electrons. The van der Waals surface area contributed by atoms with E-state index < -0.39 is 0 Å². The van der Waals surface area contributed by atoms with Crippen LogP contribution in [0, 0.1) is 0 Å². The van der Waals surface area contributed by atoms with E-state index in [-0.39, 0.29) is 5.88 Å². The maximum Gasteiger partial charge on any atom is 0.106 e. The molecule has 0 heterocycles. The molecule has 0 unspecified atom stereocenters. The number of allylic oxidation sites excluding steroid dienone is 2. The van der Waals surface area contributed by atoms with Gasteiger partial charge in [-0.25, -0.2) is 0 Å². The number of aliphatic hydroxyl groups is 1. The van der Waals surface area contributed by atoms with Gasteiger partial charge < -0.3 is 5.11 Å². The monoisotopic (exact) mass is 146 g/mol. The van der Waals surface area contributed by atoms with Gasteiger partial charge in [-0.15, -0.1) is 11.6 Å².